The molecule has 1 aromatic carbocycles. The van der Waals surface area contributed by atoms with Gasteiger partial charge >= 0.3 is 0 Å². The van der Waals surface area contributed by atoms with E-state index in [2.05, 4.69) is 15.9 Å². The number of alkyl halides is 1. The average molecular weight is 245 g/mol. The molecular formula is C10H10BrFO. The first kappa shape index (κ1) is 9.00. The SMILES string of the molecule is Fc1cccc(OC2CC(Br)C2)c1. The van der Waals surface area contributed by atoms with Gasteiger partial charge in [-0.15, -0.1) is 0 Å². The van der Waals surface area contributed by atoms with Gasteiger partial charge in [0.15, 0.2) is 0 Å². The zero-order valence-electron chi connectivity index (χ0n) is 7.04. The van der Waals surface area contributed by atoms with Crippen LogP contribution in [0, 0.1) is 5.82 Å². The minimum absolute atomic E-state index is 0.243. The quantitative estimate of drug-likeness (QED) is 0.727. The lowest BCUT2D eigenvalue weighted by Crippen LogP contribution is -2.33. The lowest BCUT2D eigenvalue weighted by atomic mass is 9.96. The van der Waals surface area contributed by atoms with Crippen molar-refractivity contribution in [1.82, 2.24) is 0 Å². The summed E-state index contributed by atoms with van der Waals surface area (Å²) in [5.74, 6) is 0.386. The van der Waals surface area contributed by atoms with Crippen LogP contribution >= 0.6 is 15.9 Å². The molecule has 0 aliphatic heterocycles. The number of benzene rings is 1. The largest absolute Gasteiger partial charge is 0.490 e. The highest BCUT2D eigenvalue weighted by Crippen LogP contribution is 2.31. The molecule has 1 aliphatic carbocycles. The second kappa shape index (κ2) is 3.66. The van der Waals surface area contributed by atoms with E-state index in [0.29, 0.717) is 10.6 Å². The second-order valence-corrected chi connectivity index (χ2v) is 4.56. The molecule has 1 saturated carbocycles. The minimum Gasteiger partial charge on any atom is -0.490 e. The first-order chi connectivity index (χ1) is 6.24. The lowest BCUT2D eigenvalue weighted by molar-refractivity contribution is 0.128. The fourth-order valence-electron chi connectivity index (χ4n) is 1.33. The molecule has 1 nitrogen and oxygen atoms in total. The number of hydrogen-bond donors (Lipinski definition) is 0. The summed E-state index contributed by atoms with van der Waals surface area (Å²) in [6.45, 7) is 0. The lowest BCUT2D eigenvalue weighted by Gasteiger charge is -2.31. The van der Waals surface area contributed by atoms with Crippen molar-refractivity contribution in [3.8, 4) is 5.75 Å². The molecule has 0 bridgehead atoms. The van der Waals surface area contributed by atoms with Gasteiger partial charge in [-0.3, -0.25) is 0 Å². The van der Waals surface area contributed by atoms with E-state index in [9.17, 15) is 4.39 Å². The van der Waals surface area contributed by atoms with E-state index in [4.69, 9.17) is 4.74 Å². The van der Waals surface area contributed by atoms with Gasteiger partial charge in [-0.2, -0.15) is 0 Å². The van der Waals surface area contributed by atoms with Crippen LogP contribution in [0.3, 0.4) is 0 Å². The molecule has 0 unspecified atom stereocenters. The summed E-state index contributed by atoms with van der Waals surface area (Å²) >= 11 is 3.47. The third-order valence-corrected chi connectivity index (χ3v) is 2.88. The van der Waals surface area contributed by atoms with E-state index in [1.165, 1.54) is 12.1 Å². The molecule has 0 heterocycles. The van der Waals surface area contributed by atoms with Gasteiger partial charge in [0.2, 0.25) is 0 Å². The van der Waals surface area contributed by atoms with E-state index in [-0.39, 0.29) is 11.9 Å². The molecule has 2 rings (SSSR count). The van der Waals surface area contributed by atoms with E-state index in [0.717, 1.165) is 12.8 Å². The highest BCUT2D eigenvalue weighted by atomic mass is 79.9. The Hall–Kier alpha value is -0.570. The highest BCUT2D eigenvalue weighted by molar-refractivity contribution is 9.09. The third-order valence-electron chi connectivity index (χ3n) is 2.14. The van der Waals surface area contributed by atoms with Crippen molar-refractivity contribution in [2.45, 2.75) is 23.8 Å². The molecular weight excluding hydrogens is 235 g/mol. The van der Waals surface area contributed by atoms with Crippen LogP contribution in [0.1, 0.15) is 12.8 Å². The molecule has 3 heteroatoms. The maximum Gasteiger partial charge on any atom is 0.126 e. The fraction of sp³-hybridized carbons (Fsp3) is 0.400. The molecule has 0 amide bonds. The van der Waals surface area contributed by atoms with Gasteiger partial charge in [-0.05, 0) is 25.0 Å². The first-order valence-corrected chi connectivity index (χ1v) is 5.22. The molecule has 70 valence electrons. The Balaban J connectivity index is 1.94. The van der Waals surface area contributed by atoms with Gasteiger partial charge in [0.25, 0.3) is 0 Å². The van der Waals surface area contributed by atoms with Crippen LogP contribution in [0.25, 0.3) is 0 Å². The summed E-state index contributed by atoms with van der Waals surface area (Å²) in [5.41, 5.74) is 0. The van der Waals surface area contributed by atoms with Crippen LogP contribution in [0.15, 0.2) is 24.3 Å². The van der Waals surface area contributed by atoms with Crippen LogP contribution in [0.2, 0.25) is 0 Å². The zero-order valence-corrected chi connectivity index (χ0v) is 8.63. The molecule has 1 fully saturated rings. The number of hydrogen-bond acceptors (Lipinski definition) is 1. The Kier molecular flexibility index (Phi) is 2.54. The summed E-state index contributed by atoms with van der Waals surface area (Å²) in [4.78, 5) is 0.575. The molecule has 13 heavy (non-hydrogen) atoms. The predicted molar refractivity (Wildman–Crippen MR) is 52.8 cm³/mol. The van der Waals surface area contributed by atoms with E-state index in [1.54, 1.807) is 12.1 Å². The molecule has 0 atom stereocenters. The van der Waals surface area contributed by atoms with Gasteiger partial charge in [0.05, 0.1) is 0 Å². The normalized spacial score (nSPS) is 26.6. The molecule has 1 aliphatic rings. The van der Waals surface area contributed by atoms with Gasteiger partial charge in [0.1, 0.15) is 17.7 Å². The fourth-order valence-corrected chi connectivity index (χ4v) is 2.16. The number of rotatable bonds is 2. The van der Waals surface area contributed by atoms with E-state index < -0.39 is 0 Å². The second-order valence-electron chi connectivity index (χ2n) is 3.27. The standard InChI is InChI=1S/C10H10BrFO/c11-7-4-10(5-7)13-9-3-1-2-8(12)6-9/h1-3,6-7,10H,4-5H2. The van der Waals surface area contributed by atoms with Gasteiger partial charge in [-0.25, -0.2) is 4.39 Å². The van der Waals surface area contributed by atoms with Crippen LogP contribution in [-0.4, -0.2) is 10.9 Å². The Labute approximate surface area is 85.0 Å². The van der Waals surface area contributed by atoms with Crippen molar-refractivity contribution < 1.29 is 9.13 Å². The zero-order chi connectivity index (χ0) is 9.26. The molecule has 0 N–H and O–H groups in total. The molecule has 0 radical (unpaired) electrons. The smallest absolute Gasteiger partial charge is 0.126 e. The van der Waals surface area contributed by atoms with Crippen molar-refractivity contribution in [3.05, 3.63) is 30.1 Å². The van der Waals surface area contributed by atoms with Crippen LogP contribution in [-0.2, 0) is 0 Å². The number of ether oxygens (including phenoxy) is 1. The predicted octanol–water partition coefficient (Wildman–Crippen LogP) is 3.13. The van der Waals surface area contributed by atoms with E-state index in [1.807, 2.05) is 0 Å². The Morgan fingerprint density at radius 1 is 1.38 bits per heavy atom. The van der Waals surface area contributed by atoms with Crippen molar-refractivity contribution in [1.29, 1.82) is 0 Å². The maximum absolute atomic E-state index is 12.7. The van der Waals surface area contributed by atoms with Crippen molar-refractivity contribution >= 4 is 15.9 Å². The Bertz CT molecular complexity index is 297. The monoisotopic (exact) mass is 244 g/mol. The topological polar surface area (TPSA) is 9.23 Å². The third kappa shape index (κ3) is 2.21. The average Bonchev–Trinajstić information content (AvgIpc) is 2.01. The van der Waals surface area contributed by atoms with Crippen LogP contribution in [0.4, 0.5) is 4.39 Å². The van der Waals surface area contributed by atoms with Crippen molar-refractivity contribution in [2.24, 2.45) is 0 Å². The van der Waals surface area contributed by atoms with E-state index >= 15 is 0 Å². The van der Waals surface area contributed by atoms with Crippen molar-refractivity contribution in [2.75, 3.05) is 0 Å². The summed E-state index contributed by atoms with van der Waals surface area (Å²) < 4.78 is 18.3. The Morgan fingerprint density at radius 2 is 2.15 bits per heavy atom. The summed E-state index contributed by atoms with van der Waals surface area (Å²) in [6, 6.07) is 6.28. The van der Waals surface area contributed by atoms with Gasteiger partial charge in [-0.1, -0.05) is 22.0 Å². The van der Waals surface area contributed by atoms with Crippen LogP contribution < -0.4 is 4.74 Å². The molecule has 0 aromatic heterocycles. The summed E-state index contributed by atoms with van der Waals surface area (Å²) in [7, 11) is 0. The number of halogens is 2. The molecule has 0 saturated heterocycles. The minimum atomic E-state index is -0.243. The molecule has 0 spiro atoms. The van der Waals surface area contributed by atoms with Crippen molar-refractivity contribution in [3.63, 3.8) is 0 Å². The maximum atomic E-state index is 12.7. The van der Waals surface area contributed by atoms with Gasteiger partial charge in [0, 0.05) is 10.9 Å². The summed E-state index contributed by atoms with van der Waals surface area (Å²) in [5, 5.41) is 0. The molecule has 1 aromatic rings. The first-order valence-electron chi connectivity index (χ1n) is 4.30. The highest BCUT2D eigenvalue weighted by Gasteiger charge is 2.28. The van der Waals surface area contributed by atoms with Crippen LogP contribution in [0.5, 0.6) is 5.75 Å². The van der Waals surface area contributed by atoms with Gasteiger partial charge < -0.3 is 4.74 Å². The summed E-state index contributed by atoms with van der Waals surface area (Å²) in [6.07, 6.45) is 2.28. The Morgan fingerprint density at radius 3 is 2.77 bits per heavy atom.